The van der Waals surface area contributed by atoms with Gasteiger partial charge >= 0.3 is 6.18 Å². The van der Waals surface area contributed by atoms with Crippen LogP contribution in [0.15, 0.2) is 6.20 Å². The van der Waals surface area contributed by atoms with Crippen LogP contribution in [0.2, 0.25) is 0 Å². The lowest BCUT2D eigenvalue weighted by atomic mass is 10.1. The van der Waals surface area contributed by atoms with E-state index in [1.54, 1.807) is 13.8 Å². The Morgan fingerprint density at radius 1 is 1.44 bits per heavy atom. The molecule has 1 aromatic rings. The first-order valence-electron chi connectivity index (χ1n) is 5.20. The monoisotopic (exact) mass is 233 g/mol. The maximum atomic E-state index is 12.8. The van der Waals surface area contributed by atoms with Crippen molar-refractivity contribution in [1.29, 1.82) is 0 Å². The number of rotatable bonds is 2. The predicted octanol–water partition coefficient (Wildman–Crippen LogP) is 2.43. The second-order valence-electron chi connectivity index (χ2n) is 4.60. The first-order chi connectivity index (χ1) is 7.26. The molecule has 1 aliphatic carbocycles. The van der Waals surface area contributed by atoms with Crippen LogP contribution in [0.25, 0.3) is 0 Å². The van der Waals surface area contributed by atoms with E-state index in [2.05, 4.69) is 5.10 Å². The Kier molecular flexibility index (Phi) is 2.31. The number of hydrogen-bond donors (Lipinski definition) is 1. The highest BCUT2D eigenvalue weighted by Crippen LogP contribution is 2.48. The summed E-state index contributed by atoms with van der Waals surface area (Å²) < 4.78 is 39.7. The zero-order valence-corrected chi connectivity index (χ0v) is 9.17. The van der Waals surface area contributed by atoms with Crippen LogP contribution in [0.5, 0.6) is 0 Å². The van der Waals surface area contributed by atoms with Crippen molar-refractivity contribution >= 4 is 0 Å². The van der Waals surface area contributed by atoms with Crippen LogP contribution < -0.4 is 5.73 Å². The molecule has 2 N–H and O–H groups in total. The Morgan fingerprint density at radius 2 is 2.00 bits per heavy atom. The fourth-order valence-corrected chi connectivity index (χ4v) is 1.83. The molecular weight excluding hydrogens is 219 g/mol. The first-order valence-corrected chi connectivity index (χ1v) is 5.20. The molecule has 6 heteroatoms. The fourth-order valence-electron chi connectivity index (χ4n) is 1.83. The van der Waals surface area contributed by atoms with E-state index in [0.717, 1.165) is 6.20 Å². The molecule has 1 aliphatic rings. The number of halogens is 3. The standard InChI is InChI=1S/C10H14F3N3/c1-6(2)16-8(9(14)3-4-9)7(5-15-16)10(11,12)13/h5-6H,3-4,14H2,1-2H3. The molecule has 0 spiro atoms. The average Bonchev–Trinajstić information content (AvgIpc) is 2.72. The van der Waals surface area contributed by atoms with Crippen LogP contribution >= 0.6 is 0 Å². The van der Waals surface area contributed by atoms with Gasteiger partial charge in [-0.2, -0.15) is 18.3 Å². The summed E-state index contributed by atoms with van der Waals surface area (Å²) in [4.78, 5) is 0. The molecule has 0 unspecified atom stereocenters. The van der Waals surface area contributed by atoms with Crippen molar-refractivity contribution in [2.45, 2.75) is 44.4 Å². The summed E-state index contributed by atoms with van der Waals surface area (Å²) >= 11 is 0. The molecule has 1 aromatic heterocycles. The van der Waals surface area contributed by atoms with E-state index in [0.29, 0.717) is 12.8 Å². The van der Waals surface area contributed by atoms with E-state index in [1.807, 2.05) is 0 Å². The number of hydrogen-bond acceptors (Lipinski definition) is 2. The molecule has 3 nitrogen and oxygen atoms in total. The maximum Gasteiger partial charge on any atom is 0.419 e. The topological polar surface area (TPSA) is 43.8 Å². The van der Waals surface area contributed by atoms with Crippen LogP contribution in [0.1, 0.15) is 44.0 Å². The van der Waals surface area contributed by atoms with Gasteiger partial charge in [-0.3, -0.25) is 4.68 Å². The molecule has 16 heavy (non-hydrogen) atoms. The van der Waals surface area contributed by atoms with Gasteiger partial charge in [-0.25, -0.2) is 0 Å². The minimum atomic E-state index is -4.38. The minimum absolute atomic E-state index is 0.118. The third-order valence-corrected chi connectivity index (χ3v) is 2.85. The second kappa shape index (κ2) is 3.23. The van der Waals surface area contributed by atoms with Crippen molar-refractivity contribution in [1.82, 2.24) is 9.78 Å². The Bertz CT molecular complexity index is 402. The molecule has 0 bridgehead atoms. The first kappa shape index (κ1) is 11.4. The van der Waals surface area contributed by atoms with E-state index >= 15 is 0 Å². The molecule has 1 saturated carbocycles. The molecule has 1 fully saturated rings. The summed E-state index contributed by atoms with van der Waals surface area (Å²) in [5.74, 6) is 0. The SMILES string of the molecule is CC(C)n1ncc(C(F)(F)F)c1C1(N)CC1. The summed E-state index contributed by atoms with van der Waals surface area (Å²) in [6.45, 7) is 3.59. The maximum absolute atomic E-state index is 12.8. The van der Waals surface area contributed by atoms with Gasteiger partial charge in [0.15, 0.2) is 0 Å². The lowest BCUT2D eigenvalue weighted by molar-refractivity contribution is -0.138. The van der Waals surface area contributed by atoms with Crippen LogP contribution in [0, 0.1) is 0 Å². The van der Waals surface area contributed by atoms with Gasteiger partial charge in [0, 0.05) is 6.04 Å². The molecule has 90 valence electrons. The summed E-state index contributed by atoms with van der Waals surface area (Å²) in [5, 5.41) is 3.81. The highest BCUT2D eigenvalue weighted by atomic mass is 19.4. The zero-order chi connectivity index (χ0) is 12.1. The Morgan fingerprint density at radius 3 is 2.38 bits per heavy atom. The molecule has 0 atom stereocenters. The smallest absolute Gasteiger partial charge is 0.320 e. The van der Waals surface area contributed by atoms with E-state index < -0.39 is 17.3 Å². The van der Waals surface area contributed by atoms with Gasteiger partial charge in [-0.15, -0.1) is 0 Å². The minimum Gasteiger partial charge on any atom is -0.320 e. The Hall–Kier alpha value is -1.04. The summed E-state index contributed by atoms with van der Waals surface area (Å²) in [6, 6.07) is -0.118. The zero-order valence-electron chi connectivity index (χ0n) is 9.17. The lowest BCUT2D eigenvalue weighted by Gasteiger charge is -2.18. The van der Waals surface area contributed by atoms with Gasteiger partial charge in [0.1, 0.15) is 0 Å². The van der Waals surface area contributed by atoms with E-state index in [1.165, 1.54) is 4.68 Å². The summed E-state index contributed by atoms with van der Waals surface area (Å²) in [5.41, 5.74) is 4.50. The second-order valence-corrected chi connectivity index (χ2v) is 4.60. The molecule has 0 saturated heterocycles. The van der Waals surface area contributed by atoms with Gasteiger partial charge < -0.3 is 5.73 Å². The number of nitrogens with zero attached hydrogens (tertiary/aromatic N) is 2. The van der Waals surface area contributed by atoms with Crippen molar-refractivity contribution in [2.24, 2.45) is 5.73 Å². The van der Waals surface area contributed by atoms with E-state index in [-0.39, 0.29) is 11.7 Å². The van der Waals surface area contributed by atoms with Crippen molar-refractivity contribution in [3.05, 3.63) is 17.5 Å². The van der Waals surface area contributed by atoms with Crippen LogP contribution in [0.3, 0.4) is 0 Å². The van der Waals surface area contributed by atoms with Gasteiger partial charge in [-0.1, -0.05) is 0 Å². The van der Waals surface area contributed by atoms with Crippen LogP contribution in [-0.2, 0) is 11.7 Å². The van der Waals surface area contributed by atoms with Gasteiger partial charge in [0.2, 0.25) is 0 Å². The van der Waals surface area contributed by atoms with E-state index in [4.69, 9.17) is 5.73 Å². The summed E-state index contributed by atoms with van der Waals surface area (Å²) in [6.07, 6.45) is -2.32. The number of nitrogens with two attached hydrogens (primary N) is 1. The molecule has 0 aliphatic heterocycles. The average molecular weight is 233 g/mol. The lowest BCUT2D eigenvalue weighted by Crippen LogP contribution is -2.27. The number of aromatic nitrogens is 2. The predicted molar refractivity (Wildman–Crippen MR) is 52.7 cm³/mol. The van der Waals surface area contributed by atoms with Gasteiger partial charge in [-0.05, 0) is 26.7 Å². The third kappa shape index (κ3) is 1.71. The van der Waals surface area contributed by atoms with Crippen LogP contribution in [0.4, 0.5) is 13.2 Å². The Balaban J connectivity index is 2.55. The third-order valence-electron chi connectivity index (χ3n) is 2.85. The van der Waals surface area contributed by atoms with Gasteiger partial charge in [0.05, 0.1) is 23.0 Å². The normalized spacial score (nSPS) is 19.2. The Labute approximate surface area is 91.4 Å². The van der Waals surface area contributed by atoms with Crippen molar-refractivity contribution < 1.29 is 13.2 Å². The quantitative estimate of drug-likeness (QED) is 0.852. The molecule has 2 rings (SSSR count). The van der Waals surface area contributed by atoms with E-state index in [9.17, 15) is 13.2 Å². The molecule has 0 radical (unpaired) electrons. The molecule has 0 aromatic carbocycles. The molecular formula is C10H14F3N3. The van der Waals surface area contributed by atoms with Crippen molar-refractivity contribution in [3.8, 4) is 0 Å². The summed E-state index contributed by atoms with van der Waals surface area (Å²) in [7, 11) is 0. The number of alkyl halides is 3. The fraction of sp³-hybridized carbons (Fsp3) is 0.700. The highest BCUT2D eigenvalue weighted by molar-refractivity contribution is 5.33. The van der Waals surface area contributed by atoms with Gasteiger partial charge in [0.25, 0.3) is 0 Å². The molecule has 1 heterocycles. The van der Waals surface area contributed by atoms with Crippen molar-refractivity contribution in [2.75, 3.05) is 0 Å². The van der Waals surface area contributed by atoms with Crippen LogP contribution in [-0.4, -0.2) is 9.78 Å². The largest absolute Gasteiger partial charge is 0.419 e. The molecule has 0 amide bonds. The van der Waals surface area contributed by atoms with Crippen molar-refractivity contribution in [3.63, 3.8) is 0 Å². The highest BCUT2D eigenvalue weighted by Gasteiger charge is 2.50.